The van der Waals surface area contributed by atoms with Crippen molar-refractivity contribution in [2.45, 2.75) is 168 Å². The van der Waals surface area contributed by atoms with E-state index in [4.69, 9.17) is 0 Å². The Bertz CT molecular complexity index is 2520. The molecule has 8 rings (SSSR count). The van der Waals surface area contributed by atoms with Crippen molar-refractivity contribution in [2.24, 2.45) is 0 Å². The van der Waals surface area contributed by atoms with Crippen molar-refractivity contribution >= 4 is 52.8 Å². The van der Waals surface area contributed by atoms with Crippen molar-refractivity contribution < 1.29 is 28.8 Å². The highest BCUT2D eigenvalue weighted by atomic mass is 16.2. The van der Waals surface area contributed by atoms with Crippen molar-refractivity contribution in [3.63, 3.8) is 0 Å². The van der Waals surface area contributed by atoms with Crippen LogP contribution in [0.25, 0.3) is 0 Å². The summed E-state index contributed by atoms with van der Waals surface area (Å²) in [5.74, 6) is -0.260. The van der Waals surface area contributed by atoms with E-state index in [1.54, 1.807) is 9.80 Å². The zero-order valence-electron chi connectivity index (χ0n) is 42.9. The summed E-state index contributed by atoms with van der Waals surface area (Å²) in [6.07, 6.45) is 8.25. The second-order valence-corrected chi connectivity index (χ2v) is 21.1. The molecule has 2 aliphatic heterocycles. The molecule has 2 heterocycles. The SMILES string of the molecule is CC(C)c1cccc(C(C)C)c1NC(=O)CN1C(=O)N(Cc2ccccc2)C2(CCCCC2)C1=O.Cc1ccccc1N1C(=O)N(CC(=O)Nc2c(C(C)C)cccc2C(C)C)C(=O)C12CCCCC2. The maximum Gasteiger partial charge on any atom is 0.332 e. The highest BCUT2D eigenvalue weighted by Crippen LogP contribution is 2.45. The molecule has 2 saturated carbocycles. The molecule has 2 N–H and O–H groups in total. The van der Waals surface area contributed by atoms with Gasteiger partial charge in [0.05, 0.1) is 0 Å². The van der Waals surface area contributed by atoms with E-state index >= 15 is 0 Å². The molecule has 2 aliphatic carbocycles. The number of imide groups is 2. The number of carbonyl (C=O) groups excluding carboxylic acids is 6. The molecule has 4 aromatic rings. The van der Waals surface area contributed by atoms with Crippen LogP contribution in [0.1, 0.15) is 177 Å². The van der Waals surface area contributed by atoms with Gasteiger partial charge in [0.1, 0.15) is 24.2 Å². The molecule has 4 aliphatic rings. The van der Waals surface area contributed by atoms with Gasteiger partial charge in [-0.3, -0.25) is 33.9 Å². The molecule has 0 aromatic heterocycles. The van der Waals surface area contributed by atoms with E-state index in [1.165, 1.54) is 9.80 Å². The average Bonchev–Trinajstić information content (AvgIpc) is 3.63. The summed E-state index contributed by atoms with van der Waals surface area (Å²) in [5, 5.41) is 6.13. The molecule has 4 aromatic carbocycles. The molecule has 2 saturated heterocycles. The van der Waals surface area contributed by atoms with E-state index in [1.807, 2.05) is 97.9 Å². The van der Waals surface area contributed by atoms with Gasteiger partial charge in [-0.25, -0.2) is 9.59 Å². The lowest BCUT2D eigenvalue weighted by Gasteiger charge is -2.38. The molecule has 4 fully saturated rings. The van der Waals surface area contributed by atoms with Gasteiger partial charge in [-0.05, 0) is 95.7 Å². The minimum atomic E-state index is -0.902. The summed E-state index contributed by atoms with van der Waals surface area (Å²) in [4.78, 5) is 87.2. The van der Waals surface area contributed by atoms with E-state index in [9.17, 15) is 28.8 Å². The predicted octanol–water partition coefficient (Wildman–Crippen LogP) is 12.4. The number of urea groups is 2. The van der Waals surface area contributed by atoms with Crippen LogP contribution in [0.15, 0.2) is 91.0 Å². The Labute approximate surface area is 415 Å². The summed E-state index contributed by atoms with van der Waals surface area (Å²) < 4.78 is 0. The third kappa shape index (κ3) is 10.3. The first-order valence-corrected chi connectivity index (χ1v) is 25.7. The minimum absolute atomic E-state index is 0.223. The Morgan fingerprint density at radius 3 is 1.34 bits per heavy atom. The second kappa shape index (κ2) is 21.8. The Hall–Kier alpha value is -6.30. The van der Waals surface area contributed by atoms with Crippen LogP contribution in [0.2, 0.25) is 0 Å². The van der Waals surface area contributed by atoms with Crippen LogP contribution in [-0.4, -0.2) is 74.6 Å². The monoisotopic (exact) mass is 951 g/mol. The maximum absolute atomic E-state index is 13.8. The molecular formula is C58H74N6O6. The van der Waals surface area contributed by atoms with Gasteiger partial charge in [-0.1, -0.05) is 179 Å². The van der Waals surface area contributed by atoms with Gasteiger partial charge in [-0.15, -0.1) is 0 Å². The molecule has 2 spiro atoms. The molecule has 0 unspecified atom stereocenters. The fourth-order valence-corrected chi connectivity index (χ4v) is 11.2. The van der Waals surface area contributed by atoms with Crippen molar-refractivity contribution in [3.05, 3.63) is 124 Å². The maximum atomic E-state index is 13.8. The molecule has 372 valence electrons. The number of rotatable bonds is 13. The zero-order valence-corrected chi connectivity index (χ0v) is 42.9. The first kappa shape index (κ1) is 51.5. The van der Waals surface area contributed by atoms with Gasteiger partial charge in [0.25, 0.3) is 11.8 Å². The van der Waals surface area contributed by atoms with Crippen LogP contribution in [0.5, 0.6) is 0 Å². The van der Waals surface area contributed by atoms with Crippen LogP contribution in [0, 0.1) is 6.92 Å². The largest absolute Gasteiger partial charge is 0.332 e. The van der Waals surface area contributed by atoms with Gasteiger partial charge in [-0.2, -0.15) is 0 Å². The molecule has 0 atom stereocenters. The van der Waals surface area contributed by atoms with Gasteiger partial charge in [0, 0.05) is 23.6 Å². The Balaban J connectivity index is 0.000000206. The van der Waals surface area contributed by atoms with Crippen LogP contribution in [0.3, 0.4) is 0 Å². The Kier molecular flexibility index (Phi) is 16.0. The topological polar surface area (TPSA) is 139 Å². The highest BCUT2D eigenvalue weighted by molar-refractivity contribution is 6.19. The van der Waals surface area contributed by atoms with Gasteiger partial charge < -0.3 is 15.5 Å². The number of hydrogen-bond acceptors (Lipinski definition) is 6. The number of aryl methyl sites for hydroxylation is 1. The van der Waals surface area contributed by atoms with Crippen molar-refractivity contribution in [1.82, 2.24) is 14.7 Å². The lowest BCUT2D eigenvalue weighted by atomic mass is 9.80. The first-order valence-electron chi connectivity index (χ1n) is 25.7. The quantitative estimate of drug-likeness (QED) is 0.128. The van der Waals surface area contributed by atoms with Gasteiger partial charge >= 0.3 is 12.1 Å². The number of carbonyl (C=O) groups is 6. The zero-order chi connectivity index (χ0) is 50.5. The van der Waals surface area contributed by atoms with E-state index in [0.29, 0.717) is 32.2 Å². The third-order valence-electron chi connectivity index (χ3n) is 14.9. The number of nitrogens with one attached hydrogen (secondary N) is 2. The standard InChI is InChI=1S/2C29H37N3O3/c1-19(2)22-13-11-14-23(20(3)4)26(22)30-25(33)18-31-27(34)29(16-9-6-10-17-29)32(28(31)35)24-15-8-7-12-21(24)5;1-20(2)23-14-11-15-24(21(3)4)26(23)30-25(33)19-31-27(34)29(16-9-6-10-17-29)32(28(31)35)18-22-12-7-5-8-13-22/h7-8,11-15,19-20H,6,9-10,16-18H2,1-5H3,(H,30,33);5,7-8,11-15,20-21H,6,9-10,16-19H2,1-4H3,(H,30,33). The third-order valence-corrected chi connectivity index (χ3v) is 14.9. The lowest BCUT2D eigenvalue weighted by molar-refractivity contribution is -0.137. The molecule has 0 radical (unpaired) electrons. The van der Waals surface area contributed by atoms with Crippen LogP contribution >= 0.6 is 0 Å². The lowest BCUT2D eigenvalue weighted by Crippen LogP contribution is -2.51. The summed E-state index contributed by atoms with van der Waals surface area (Å²) in [6.45, 7) is 18.5. The second-order valence-electron chi connectivity index (χ2n) is 21.1. The molecular weight excluding hydrogens is 877 g/mol. The van der Waals surface area contributed by atoms with Gasteiger partial charge in [0.2, 0.25) is 11.8 Å². The number of nitrogens with zero attached hydrogens (tertiary/aromatic N) is 4. The average molecular weight is 951 g/mol. The molecule has 12 heteroatoms. The Morgan fingerprint density at radius 1 is 0.500 bits per heavy atom. The van der Waals surface area contributed by atoms with Crippen molar-refractivity contribution in [2.75, 3.05) is 28.6 Å². The van der Waals surface area contributed by atoms with Crippen molar-refractivity contribution in [3.8, 4) is 0 Å². The van der Waals surface area contributed by atoms with E-state index in [-0.39, 0.29) is 66.4 Å². The number of amides is 8. The van der Waals surface area contributed by atoms with E-state index < -0.39 is 17.1 Å². The highest BCUT2D eigenvalue weighted by Gasteiger charge is 2.59. The fraction of sp³-hybridized carbons (Fsp3) is 0.483. The number of benzene rings is 4. The first-order chi connectivity index (χ1) is 33.4. The Morgan fingerprint density at radius 2 is 0.900 bits per heavy atom. The van der Waals surface area contributed by atoms with Crippen LogP contribution in [0.4, 0.5) is 26.7 Å². The summed E-state index contributed by atoms with van der Waals surface area (Å²) in [5.41, 5.74) is 6.74. The van der Waals surface area contributed by atoms with E-state index in [2.05, 4.69) is 66.0 Å². The minimum Gasteiger partial charge on any atom is -0.324 e. The smallest absolute Gasteiger partial charge is 0.324 e. The summed E-state index contributed by atoms with van der Waals surface area (Å²) in [6, 6.07) is 28.8. The van der Waals surface area contributed by atoms with E-state index in [0.717, 1.165) is 89.0 Å². The number of hydrogen-bond donors (Lipinski definition) is 2. The fourth-order valence-electron chi connectivity index (χ4n) is 11.2. The van der Waals surface area contributed by atoms with Crippen LogP contribution < -0.4 is 15.5 Å². The predicted molar refractivity (Wildman–Crippen MR) is 278 cm³/mol. The molecule has 12 nitrogen and oxygen atoms in total. The summed E-state index contributed by atoms with van der Waals surface area (Å²) in [7, 11) is 0. The molecule has 8 amide bonds. The van der Waals surface area contributed by atoms with Crippen LogP contribution in [-0.2, 0) is 25.7 Å². The molecule has 0 bridgehead atoms. The number of para-hydroxylation sites is 3. The van der Waals surface area contributed by atoms with Crippen molar-refractivity contribution in [1.29, 1.82) is 0 Å². The normalized spacial score (nSPS) is 17.7. The molecule has 70 heavy (non-hydrogen) atoms. The number of anilines is 3. The van der Waals surface area contributed by atoms with Gasteiger partial charge in [0.15, 0.2) is 0 Å². The summed E-state index contributed by atoms with van der Waals surface area (Å²) >= 11 is 0.